The maximum atomic E-state index is 9.91. The topological polar surface area (TPSA) is 62.7 Å². The Morgan fingerprint density at radius 2 is 1.26 bits per heavy atom. The lowest BCUT2D eigenvalue weighted by molar-refractivity contribution is 0.672. The van der Waals surface area contributed by atoms with E-state index in [1.54, 1.807) is 0 Å². The van der Waals surface area contributed by atoms with E-state index >= 15 is 0 Å². The third kappa shape index (κ3) is 3.24. The van der Waals surface area contributed by atoms with Crippen molar-refractivity contribution >= 4 is 54.5 Å². The molecule has 0 N–H and O–H groups in total. The van der Waals surface area contributed by atoms with Crippen LogP contribution < -0.4 is 0 Å². The van der Waals surface area contributed by atoms with Gasteiger partial charge in [-0.2, -0.15) is 5.26 Å². The molecule has 4 nitrogen and oxygen atoms in total. The van der Waals surface area contributed by atoms with E-state index in [9.17, 15) is 5.26 Å². The van der Waals surface area contributed by atoms with Gasteiger partial charge in [0.25, 0.3) is 0 Å². The van der Waals surface area contributed by atoms with Crippen LogP contribution in [0.15, 0.2) is 120 Å². The van der Waals surface area contributed by atoms with E-state index in [2.05, 4.69) is 60.7 Å². The average Bonchev–Trinajstić information content (AvgIpc) is 3.39. The molecule has 0 bridgehead atoms. The monoisotopic (exact) mass is 497 g/mol. The molecule has 180 valence electrons. The number of hydrogen-bond donors (Lipinski definition) is 0. The van der Waals surface area contributed by atoms with Crippen molar-refractivity contribution in [1.29, 1.82) is 5.26 Å². The van der Waals surface area contributed by atoms with Gasteiger partial charge in [0.2, 0.25) is 0 Å². The van der Waals surface area contributed by atoms with E-state index in [0.717, 1.165) is 77.0 Å². The molecular formula is C35H19N3O. The molecule has 4 heteroatoms. The molecule has 0 unspecified atom stereocenters. The van der Waals surface area contributed by atoms with Crippen LogP contribution >= 0.6 is 0 Å². The molecule has 8 aromatic rings. The first kappa shape index (κ1) is 21.5. The molecule has 3 heterocycles. The van der Waals surface area contributed by atoms with Gasteiger partial charge in [-0.3, -0.25) is 0 Å². The number of benzene rings is 5. The smallest absolute Gasteiger partial charge is 0.143 e. The second kappa shape index (κ2) is 8.24. The third-order valence-corrected chi connectivity index (χ3v) is 7.49. The van der Waals surface area contributed by atoms with Gasteiger partial charge in [0, 0.05) is 43.4 Å². The highest BCUT2D eigenvalue weighted by Crippen LogP contribution is 2.40. The molecule has 0 amide bonds. The molecule has 0 saturated heterocycles. The molecule has 0 aliphatic carbocycles. The standard InChI is InChI=1S/C35H19N3O/c36-20-24-19-28-32-27(11-6-12-31(32)39-35(28)26-10-5-4-9-25(24)26)30-18-16-23-14-13-22-15-17-29(21-7-2-1-3-8-21)37-33(22)34(23)38-30/h1-19H. The maximum absolute atomic E-state index is 9.91. The second-order valence-electron chi connectivity index (χ2n) is 9.71. The Labute approximate surface area is 223 Å². The first-order chi connectivity index (χ1) is 19.3. The Balaban J connectivity index is 1.41. The zero-order chi connectivity index (χ0) is 25.9. The first-order valence-electron chi connectivity index (χ1n) is 12.8. The number of furan rings is 1. The maximum Gasteiger partial charge on any atom is 0.143 e. The van der Waals surface area contributed by atoms with Gasteiger partial charge in [-0.1, -0.05) is 91.0 Å². The van der Waals surface area contributed by atoms with Crippen LogP contribution in [0.1, 0.15) is 5.56 Å². The predicted molar refractivity (Wildman–Crippen MR) is 157 cm³/mol. The first-order valence-corrected chi connectivity index (χ1v) is 12.8. The number of rotatable bonds is 2. The normalized spacial score (nSPS) is 11.6. The highest BCUT2D eigenvalue weighted by molar-refractivity contribution is 6.20. The van der Waals surface area contributed by atoms with E-state index in [0.29, 0.717) is 5.56 Å². The van der Waals surface area contributed by atoms with Crippen molar-refractivity contribution in [2.24, 2.45) is 0 Å². The lowest BCUT2D eigenvalue weighted by atomic mass is 9.98. The van der Waals surface area contributed by atoms with Gasteiger partial charge >= 0.3 is 0 Å². The van der Waals surface area contributed by atoms with Crippen LogP contribution in [0.2, 0.25) is 0 Å². The Morgan fingerprint density at radius 1 is 0.590 bits per heavy atom. The Bertz CT molecular complexity index is 2290. The van der Waals surface area contributed by atoms with E-state index < -0.39 is 0 Å². The summed E-state index contributed by atoms with van der Waals surface area (Å²) in [5, 5.41) is 15.7. The third-order valence-electron chi connectivity index (χ3n) is 7.49. The van der Waals surface area contributed by atoms with Crippen LogP contribution in [0.5, 0.6) is 0 Å². The van der Waals surface area contributed by atoms with Crippen LogP contribution in [-0.4, -0.2) is 9.97 Å². The fraction of sp³-hybridized carbons (Fsp3) is 0. The zero-order valence-corrected chi connectivity index (χ0v) is 20.7. The molecule has 0 fully saturated rings. The lowest BCUT2D eigenvalue weighted by Crippen LogP contribution is -1.91. The number of nitriles is 1. The Kier molecular flexibility index (Phi) is 4.55. The van der Waals surface area contributed by atoms with Crippen molar-refractivity contribution in [1.82, 2.24) is 9.97 Å². The van der Waals surface area contributed by atoms with Crippen LogP contribution in [0.25, 0.3) is 77.0 Å². The number of nitrogens with zero attached hydrogens (tertiary/aromatic N) is 3. The molecule has 3 aromatic heterocycles. The molecule has 0 radical (unpaired) electrons. The minimum absolute atomic E-state index is 0.630. The van der Waals surface area contributed by atoms with Crippen molar-refractivity contribution in [3.8, 4) is 28.6 Å². The number of pyridine rings is 2. The molecule has 8 rings (SSSR count). The van der Waals surface area contributed by atoms with Crippen molar-refractivity contribution in [3.05, 3.63) is 121 Å². The summed E-state index contributed by atoms with van der Waals surface area (Å²) in [6.07, 6.45) is 0. The largest absolute Gasteiger partial charge is 0.455 e. The van der Waals surface area contributed by atoms with Crippen molar-refractivity contribution < 1.29 is 4.42 Å². The van der Waals surface area contributed by atoms with Gasteiger partial charge in [-0.25, -0.2) is 9.97 Å². The number of hydrogen-bond acceptors (Lipinski definition) is 4. The molecule has 0 aliphatic heterocycles. The van der Waals surface area contributed by atoms with Gasteiger partial charge in [-0.15, -0.1) is 0 Å². The van der Waals surface area contributed by atoms with Crippen LogP contribution in [0, 0.1) is 11.3 Å². The molecular weight excluding hydrogens is 478 g/mol. The van der Waals surface area contributed by atoms with Gasteiger partial charge < -0.3 is 4.42 Å². The summed E-state index contributed by atoms with van der Waals surface area (Å²) < 4.78 is 6.40. The summed E-state index contributed by atoms with van der Waals surface area (Å²) in [5.74, 6) is 0. The summed E-state index contributed by atoms with van der Waals surface area (Å²) in [7, 11) is 0. The van der Waals surface area contributed by atoms with Gasteiger partial charge in [0.15, 0.2) is 0 Å². The van der Waals surface area contributed by atoms with E-state index in [1.165, 1.54) is 0 Å². The summed E-state index contributed by atoms with van der Waals surface area (Å²) in [6, 6.07) is 41.0. The van der Waals surface area contributed by atoms with Crippen LogP contribution in [0.3, 0.4) is 0 Å². The van der Waals surface area contributed by atoms with E-state index in [4.69, 9.17) is 14.4 Å². The molecule has 0 atom stereocenters. The SMILES string of the molecule is N#Cc1cc2c(oc3cccc(-c4ccc5ccc6ccc(-c7ccccc7)nc6c5n4)c32)c2ccccc12. The zero-order valence-electron chi connectivity index (χ0n) is 20.7. The van der Waals surface area contributed by atoms with E-state index in [-0.39, 0.29) is 0 Å². The van der Waals surface area contributed by atoms with Gasteiger partial charge in [0.05, 0.1) is 34.1 Å². The fourth-order valence-electron chi connectivity index (χ4n) is 5.64. The molecule has 5 aromatic carbocycles. The second-order valence-corrected chi connectivity index (χ2v) is 9.71. The number of aromatic nitrogens is 2. The average molecular weight is 498 g/mol. The van der Waals surface area contributed by atoms with Crippen molar-refractivity contribution in [3.63, 3.8) is 0 Å². The summed E-state index contributed by atoms with van der Waals surface area (Å²) >= 11 is 0. The Hall–Kier alpha value is -5.53. The van der Waals surface area contributed by atoms with Crippen molar-refractivity contribution in [2.75, 3.05) is 0 Å². The predicted octanol–water partition coefficient (Wildman–Crippen LogP) is 9.04. The quantitative estimate of drug-likeness (QED) is 0.224. The minimum atomic E-state index is 0.630. The molecule has 0 spiro atoms. The van der Waals surface area contributed by atoms with Gasteiger partial charge in [-0.05, 0) is 24.3 Å². The number of fused-ring (bicyclic) bond motifs is 8. The fourth-order valence-corrected chi connectivity index (χ4v) is 5.64. The minimum Gasteiger partial charge on any atom is -0.455 e. The highest BCUT2D eigenvalue weighted by Gasteiger charge is 2.18. The van der Waals surface area contributed by atoms with Crippen molar-refractivity contribution in [2.45, 2.75) is 0 Å². The van der Waals surface area contributed by atoms with Crippen LogP contribution in [-0.2, 0) is 0 Å². The van der Waals surface area contributed by atoms with E-state index in [1.807, 2.05) is 60.7 Å². The van der Waals surface area contributed by atoms with Gasteiger partial charge in [0.1, 0.15) is 11.2 Å². The molecule has 39 heavy (non-hydrogen) atoms. The molecule has 0 aliphatic rings. The summed E-state index contributed by atoms with van der Waals surface area (Å²) in [4.78, 5) is 10.2. The Morgan fingerprint density at radius 3 is 2.03 bits per heavy atom. The summed E-state index contributed by atoms with van der Waals surface area (Å²) in [5.41, 5.74) is 7.70. The highest BCUT2D eigenvalue weighted by atomic mass is 16.3. The lowest BCUT2D eigenvalue weighted by Gasteiger charge is -2.09. The summed E-state index contributed by atoms with van der Waals surface area (Å²) in [6.45, 7) is 0. The van der Waals surface area contributed by atoms with Crippen LogP contribution in [0.4, 0.5) is 0 Å². The molecule has 0 saturated carbocycles.